The van der Waals surface area contributed by atoms with Crippen molar-refractivity contribution in [2.45, 2.75) is 33.2 Å². The molecule has 2 heterocycles. The Labute approximate surface area is 113 Å². The number of carbonyl (C=O) groups excluding carboxylic acids is 1. The molecular formula is C12H19N3O3S. The Hall–Kier alpha value is -1.24. The number of rotatable bonds is 5. The number of sulfone groups is 1. The summed E-state index contributed by atoms with van der Waals surface area (Å²) in [6.07, 6.45) is 2.06. The van der Waals surface area contributed by atoms with Crippen LogP contribution < -0.4 is 0 Å². The Balaban J connectivity index is 2.02. The van der Waals surface area contributed by atoms with Crippen molar-refractivity contribution in [3.8, 4) is 0 Å². The fraction of sp³-hybridized carbons (Fsp3) is 0.750. The van der Waals surface area contributed by atoms with Gasteiger partial charge in [0.05, 0.1) is 17.9 Å². The molecule has 1 aromatic rings. The van der Waals surface area contributed by atoms with Gasteiger partial charge in [-0.2, -0.15) is 5.10 Å². The second kappa shape index (κ2) is 5.40. The topological polar surface area (TPSA) is 81.9 Å². The number of nitrogens with zero attached hydrogens (tertiary/aromatic N) is 3. The summed E-state index contributed by atoms with van der Waals surface area (Å²) in [4.78, 5) is 16.2. The molecule has 0 bridgehead atoms. The molecule has 19 heavy (non-hydrogen) atoms. The zero-order chi connectivity index (χ0) is 14.0. The molecule has 1 aromatic heterocycles. The lowest BCUT2D eigenvalue weighted by Crippen LogP contribution is -2.21. The Morgan fingerprint density at radius 3 is 2.84 bits per heavy atom. The molecule has 2 rings (SSSR count). The van der Waals surface area contributed by atoms with Gasteiger partial charge in [0.15, 0.2) is 9.84 Å². The molecule has 0 amide bonds. The van der Waals surface area contributed by atoms with Crippen LogP contribution in [0.3, 0.4) is 0 Å². The molecule has 0 aliphatic carbocycles. The van der Waals surface area contributed by atoms with Gasteiger partial charge in [-0.1, -0.05) is 13.8 Å². The van der Waals surface area contributed by atoms with Crippen molar-refractivity contribution in [2.75, 3.05) is 11.5 Å². The van der Waals surface area contributed by atoms with E-state index in [1.807, 2.05) is 0 Å². The fourth-order valence-corrected chi connectivity index (χ4v) is 4.05. The number of hydrogen-bond acceptors (Lipinski definition) is 5. The van der Waals surface area contributed by atoms with Crippen molar-refractivity contribution < 1.29 is 13.2 Å². The van der Waals surface area contributed by atoms with E-state index in [1.165, 1.54) is 6.33 Å². The van der Waals surface area contributed by atoms with Crippen LogP contribution in [0.4, 0.5) is 0 Å². The second-order valence-corrected chi connectivity index (χ2v) is 7.72. The highest BCUT2D eigenvalue weighted by molar-refractivity contribution is 7.91. The van der Waals surface area contributed by atoms with E-state index in [0.717, 1.165) is 0 Å². The zero-order valence-electron chi connectivity index (χ0n) is 11.2. The van der Waals surface area contributed by atoms with Crippen LogP contribution in [0.5, 0.6) is 0 Å². The summed E-state index contributed by atoms with van der Waals surface area (Å²) in [6, 6.07) is 0. The van der Waals surface area contributed by atoms with Crippen molar-refractivity contribution in [3.63, 3.8) is 0 Å². The molecule has 7 heteroatoms. The summed E-state index contributed by atoms with van der Waals surface area (Å²) in [5.41, 5.74) is 0. The highest BCUT2D eigenvalue weighted by Gasteiger charge is 2.33. The summed E-state index contributed by atoms with van der Waals surface area (Å²) in [7, 11) is -3.01. The molecule has 6 nitrogen and oxygen atoms in total. The van der Waals surface area contributed by atoms with Gasteiger partial charge in [0.1, 0.15) is 17.9 Å². The maximum Gasteiger partial charge on any atom is 0.151 e. The maximum absolute atomic E-state index is 12.1. The average molecular weight is 285 g/mol. The van der Waals surface area contributed by atoms with Crippen molar-refractivity contribution >= 4 is 15.6 Å². The first-order valence-corrected chi connectivity index (χ1v) is 8.29. The normalized spacial score (nSPS) is 21.9. The smallest absolute Gasteiger partial charge is 0.151 e. The van der Waals surface area contributed by atoms with Crippen molar-refractivity contribution in [1.82, 2.24) is 14.8 Å². The first-order chi connectivity index (χ1) is 8.87. The third kappa shape index (κ3) is 3.62. The summed E-state index contributed by atoms with van der Waals surface area (Å²) in [6.45, 7) is 4.85. The minimum Gasteiger partial charge on any atom is -0.299 e. The predicted molar refractivity (Wildman–Crippen MR) is 70.3 cm³/mol. The number of aromatic nitrogens is 3. The van der Waals surface area contributed by atoms with Crippen LogP contribution in [0.25, 0.3) is 0 Å². The quantitative estimate of drug-likeness (QED) is 0.786. The number of Topliss-reactive ketones (excluding diaryl/α,β-unsaturated/α-hetero) is 1. The molecule has 0 radical (unpaired) electrons. The minimum absolute atomic E-state index is 0.00977. The van der Waals surface area contributed by atoms with E-state index in [4.69, 9.17) is 0 Å². The van der Waals surface area contributed by atoms with Crippen LogP contribution in [0, 0.1) is 11.8 Å². The Morgan fingerprint density at radius 2 is 2.26 bits per heavy atom. The van der Waals surface area contributed by atoms with Crippen LogP contribution in [0.1, 0.15) is 26.1 Å². The van der Waals surface area contributed by atoms with E-state index < -0.39 is 9.84 Å². The lowest BCUT2D eigenvalue weighted by atomic mass is 10.0. The molecule has 0 aromatic carbocycles. The molecule has 106 valence electrons. The van der Waals surface area contributed by atoms with Gasteiger partial charge < -0.3 is 0 Å². The van der Waals surface area contributed by atoms with E-state index in [9.17, 15) is 13.2 Å². The summed E-state index contributed by atoms with van der Waals surface area (Å²) >= 11 is 0. The van der Waals surface area contributed by atoms with Gasteiger partial charge in [0.2, 0.25) is 0 Å². The van der Waals surface area contributed by atoms with Gasteiger partial charge in [0.25, 0.3) is 0 Å². The lowest BCUT2D eigenvalue weighted by Gasteiger charge is -2.09. The van der Waals surface area contributed by atoms with E-state index in [-0.39, 0.29) is 29.6 Å². The van der Waals surface area contributed by atoms with Gasteiger partial charge in [-0.05, 0) is 12.3 Å². The lowest BCUT2D eigenvalue weighted by molar-refractivity contribution is -0.121. The van der Waals surface area contributed by atoms with E-state index >= 15 is 0 Å². The summed E-state index contributed by atoms with van der Waals surface area (Å²) < 4.78 is 24.5. The highest BCUT2D eigenvalue weighted by Crippen LogP contribution is 2.20. The van der Waals surface area contributed by atoms with Crippen molar-refractivity contribution in [2.24, 2.45) is 11.8 Å². The van der Waals surface area contributed by atoms with Crippen LogP contribution >= 0.6 is 0 Å². The standard InChI is InChI=1S/C12H19N3O3S/c1-9(2)6-15-12(13-8-14-15)5-11(16)10-3-4-19(17,18)7-10/h8-10H,3-7H2,1-2H3. The van der Waals surface area contributed by atoms with Gasteiger partial charge in [-0.3, -0.25) is 4.79 Å². The molecule has 1 aliphatic rings. The predicted octanol–water partition coefficient (Wildman–Crippen LogP) is 0.480. The van der Waals surface area contributed by atoms with Crippen LogP contribution in [0.2, 0.25) is 0 Å². The summed E-state index contributed by atoms with van der Waals surface area (Å²) in [5, 5.41) is 4.10. The van der Waals surface area contributed by atoms with Crippen molar-refractivity contribution in [1.29, 1.82) is 0 Å². The molecule has 1 aliphatic heterocycles. The first-order valence-electron chi connectivity index (χ1n) is 6.47. The molecule has 0 saturated carbocycles. The Kier molecular flexibility index (Phi) is 4.03. The SMILES string of the molecule is CC(C)Cn1ncnc1CC(=O)C1CCS(=O)(=O)C1. The molecular weight excluding hydrogens is 266 g/mol. The molecule has 1 atom stereocenters. The molecule has 1 fully saturated rings. The van der Waals surface area contributed by atoms with Gasteiger partial charge in [0, 0.05) is 12.5 Å². The minimum atomic E-state index is -3.01. The fourth-order valence-electron chi connectivity index (χ4n) is 2.27. The average Bonchev–Trinajstić information content (AvgIpc) is 2.85. The van der Waals surface area contributed by atoms with Crippen molar-refractivity contribution in [3.05, 3.63) is 12.2 Å². The number of ketones is 1. The van der Waals surface area contributed by atoms with E-state index in [0.29, 0.717) is 24.7 Å². The van der Waals surface area contributed by atoms with Crippen LogP contribution in [0.15, 0.2) is 6.33 Å². The number of carbonyl (C=O) groups is 1. The largest absolute Gasteiger partial charge is 0.299 e. The molecule has 0 spiro atoms. The summed E-state index contributed by atoms with van der Waals surface area (Å²) in [5.74, 6) is 0.755. The van der Waals surface area contributed by atoms with Crippen LogP contribution in [-0.4, -0.2) is 40.5 Å². The second-order valence-electron chi connectivity index (χ2n) is 5.50. The monoisotopic (exact) mass is 285 g/mol. The van der Waals surface area contributed by atoms with Gasteiger partial charge in [-0.25, -0.2) is 18.1 Å². The third-order valence-corrected chi connectivity index (χ3v) is 5.02. The zero-order valence-corrected chi connectivity index (χ0v) is 12.1. The maximum atomic E-state index is 12.1. The van der Waals surface area contributed by atoms with Gasteiger partial charge >= 0.3 is 0 Å². The molecule has 1 saturated heterocycles. The Morgan fingerprint density at radius 1 is 1.53 bits per heavy atom. The van der Waals surface area contributed by atoms with Crippen LogP contribution in [-0.2, 0) is 27.6 Å². The molecule has 0 N–H and O–H groups in total. The number of hydrogen-bond donors (Lipinski definition) is 0. The Bertz CT molecular complexity index is 563. The van der Waals surface area contributed by atoms with E-state index in [2.05, 4.69) is 23.9 Å². The van der Waals surface area contributed by atoms with E-state index in [1.54, 1.807) is 4.68 Å². The van der Waals surface area contributed by atoms with Gasteiger partial charge in [-0.15, -0.1) is 0 Å². The molecule has 1 unspecified atom stereocenters. The first kappa shape index (κ1) is 14.2. The highest BCUT2D eigenvalue weighted by atomic mass is 32.2. The third-order valence-electron chi connectivity index (χ3n) is 3.25.